The molecule has 0 aromatic heterocycles. The molecular weight excluding hydrogens is 292 g/mol. The molecule has 0 aromatic rings. The van der Waals surface area contributed by atoms with Crippen LogP contribution in [-0.4, -0.2) is 36.9 Å². The van der Waals surface area contributed by atoms with Crippen LogP contribution >= 0.6 is 0 Å². The van der Waals surface area contributed by atoms with E-state index in [1.807, 2.05) is 6.92 Å². The van der Waals surface area contributed by atoms with E-state index in [0.717, 1.165) is 58.0 Å². The Kier molecular flexibility index (Phi) is 3.48. The molecule has 4 atom stereocenters. The SMILES string of the molecule is CCO[C@@H]1C[C@H](NC(=O)[C@@]2(C#N)CC23CCCC3)[C@]12CCCO2. The Morgan fingerprint density at radius 3 is 2.74 bits per heavy atom. The molecule has 0 radical (unpaired) electrons. The van der Waals surface area contributed by atoms with Gasteiger partial charge in [-0.2, -0.15) is 5.26 Å². The monoisotopic (exact) mass is 318 g/mol. The van der Waals surface area contributed by atoms with E-state index < -0.39 is 5.41 Å². The maximum Gasteiger partial charge on any atom is 0.241 e. The highest BCUT2D eigenvalue weighted by molar-refractivity contribution is 5.90. The summed E-state index contributed by atoms with van der Waals surface area (Å²) in [4.78, 5) is 12.9. The van der Waals surface area contributed by atoms with Crippen molar-refractivity contribution in [1.29, 1.82) is 5.26 Å². The number of amides is 1. The van der Waals surface area contributed by atoms with Crippen LogP contribution in [0.15, 0.2) is 0 Å². The van der Waals surface area contributed by atoms with Gasteiger partial charge in [0, 0.05) is 18.6 Å². The third-order valence-corrected chi connectivity index (χ3v) is 6.86. The van der Waals surface area contributed by atoms with Crippen LogP contribution < -0.4 is 5.32 Å². The predicted molar refractivity (Wildman–Crippen MR) is 83.4 cm³/mol. The smallest absolute Gasteiger partial charge is 0.241 e. The summed E-state index contributed by atoms with van der Waals surface area (Å²) in [5.74, 6) is -0.0586. The molecule has 23 heavy (non-hydrogen) atoms. The average molecular weight is 318 g/mol. The van der Waals surface area contributed by atoms with Gasteiger partial charge in [0.2, 0.25) is 5.91 Å². The molecule has 5 nitrogen and oxygen atoms in total. The summed E-state index contributed by atoms with van der Waals surface area (Å²) < 4.78 is 11.8. The van der Waals surface area contributed by atoms with Gasteiger partial charge in [-0.1, -0.05) is 12.8 Å². The van der Waals surface area contributed by atoms with Crippen LogP contribution in [-0.2, 0) is 14.3 Å². The average Bonchev–Trinajstić information content (AvgIpc) is 2.96. The Labute approximate surface area is 137 Å². The summed E-state index contributed by atoms with van der Waals surface area (Å²) in [6, 6.07) is 2.37. The summed E-state index contributed by atoms with van der Waals surface area (Å²) >= 11 is 0. The van der Waals surface area contributed by atoms with E-state index in [4.69, 9.17) is 9.47 Å². The Morgan fingerprint density at radius 2 is 2.13 bits per heavy atom. The Bertz CT molecular complexity index is 543. The zero-order chi connectivity index (χ0) is 16.1. The van der Waals surface area contributed by atoms with E-state index in [2.05, 4.69) is 11.4 Å². The van der Waals surface area contributed by atoms with Crippen LogP contribution in [0.2, 0.25) is 0 Å². The minimum absolute atomic E-state index is 0.00155. The Hall–Kier alpha value is -1.12. The largest absolute Gasteiger partial charge is 0.375 e. The Morgan fingerprint density at radius 1 is 1.35 bits per heavy atom. The molecule has 0 bridgehead atoms. The van der Waals surface area contributed by atoms with Crippen molar-refractivity contribution in [2.24, 2.45) is 10.8 Å². The first kappa shape index (κ1) is 15.4. The van der Waals surface area contributed by atoms with Gasteiger partial charge in [0.25, 0.3) is 0 Å². The quantitative estimate of drug-likeness (QED) is 0.863. The number of hydrogen-bond acceptors (Lipinski definition) is 4. The fraction of sp³-hybridized carbons (Fsp3) is 0.889. The standard InChI is InChI=1S/C18H26N2O3/c1-2-22-14-10-13(18(14)8-5-9-23-18)20-15(21)17(12-19)11-16(17)6-3-4-7-16/h13-14H,2-11H2,1H3,(H,20,21)/t13-,14+,17-,18+/m0/s1. The molecule has 5 heteroatoms. The van der Waals surface area contributed by atoms with Crippen LogP contribution in [0.25, 0.3) is 0 Å². The van der Waals surface area contributed by atoms with Gasteiger partial charge < -0.3 is 14.8 Å². The number of ether oxygens (including phenoxy) is 2. The van der Waals surface area contributed by atoms with E-state index in [1.54, 1.807) is 0 Å². The first-order chi connectivity index (χ1) is 11.1. The Balaban J connectivity index is 1.46. The van der Waals surface area contributed by atoms with Crippen LogP contribution in [0.5, 0.6) is 0 Å². The van der Waals surface area contributed by atoms with Gasteiger partial charge in [-0.25, -0.2) is 0 Å². The van der Waals surface area contributed by atoms with Gasteiger partial charge in [0.15, 0.2) is 0 Å². The maximum atomic E-state index is 12.9. The topological polar surface area (TPSA) is 71.3 Å². The van der Waals surface area contributed by atoms with E-state index in [0.29, 0.717) is 6.61 Å². The lowest BCUT2D eigenvalue weighted by molar-refractivity contribution is -0.199. The number of nitriles is 1. The second-order valence-corrected chi connectivity index (χ2v) is 7.79. The van der Waals surface area contributed by atoms with Crippen LogP contribution in [0.1, 0.15) is 58.3 Å². The summed E-state index contributed by atoms with van der Waals surface area (Å²) in [7, 11) is 0. The number of carbonyl (C=O) groups excluding carboxylic acids is 1. The molecule has 1 saturated heterocycles. The third-order valence-electron chi connectivity index (χ3n) is 6.86. The van der Waals surface area contributed by atoms with Crippen molar-refractivity contribution in [1.82, 2.24) is 5.32 Å². The lowest BCUT2D eigenvalue weighted by Crippen LogP contribution is -2.70. The lowest BCUT2D eigenvalue weighted by atomic mass is 9.69. The van der Waals surface area contributed by atoms with Gasteiger partial charge in [-0.15, -0.1) is 0 Å². The van der Waals surface area contributed by atoms with Crippen molar-refractivity contribution in [2.75, 3.05) is 13.2 Å². The second kappa shape index (κ2) is 5.19. The zero-order valence-corrected chi connectivity index (χ0v) is 13.9. The van der Waals surface area contributed by atoms with Crippen LogP contribution in [0.3, 0.4) is 0 Å². The highest BCUT2D eigenvalue weighted by atomic mass is 16.6. The predicted octanol–water partition coefficient (Wildman–Crippen LogP) is 2.30. The summed E-state index contributed by atoms with van der Waals surface area (Å²) in [5, 5.41) is 12.9. The molecule has 2 spiro atoms. The van der Waals surface area contributed by atoms with E-state index in [9.17, 15) is 10.1 Å². The molecule has 3 saturated carbocycles. The molecule has 1 amide bonds. The number of rotatable bonds is 4. The molecule has 4 rings (SSSR count). The molecule has 0 aromatic carbocycles. The summed E-state index contributed by atoms with van der Waals surface area (Å²) in [5.41, 5.74) is -1.15. The van der Waals surface area contributed by atoms with Crippen molar-refractivity contribution in [2.45, 2.75) is 76.0 Å². The highest BCUT2D eigenvalue weighted by Crippen LogP contribution is 2.71. The molecule has 0 unspecified atom stereocenters. The van der Waals surface area contributed by atoms with Crippen LogP contribution in [0, 0.1) is 22.2 Å². The van der Waals surface area contributed by atoms with E-state index in [1.165, 1.54) is 0 Å². The normalized spacial score (nSPS) is 43.3. The van der Waals surface area contributed by atoms with Gasteiger partial charge in [0.1, 0.15) is 11.0 Å². The maximum absolute atomic E-state index is 12.9. The molecule has 1 aliphatic heterocycles. The molecule has 4 aliphatic rings. The third kappa shape index (κ3) is 1.94. The van der Waals surface area contributed by atoms with Crippen molar-refractivity contribution < 1.29 is 14.3 Å². The van der Waals surface area contributed by atoms with E-state index in [-0.39, 0.29) is 29.1 Å². The first-order valence-electron chi connectivity index (χ1n) is 9.10. The van der Waals surface area contributed by atoms with Gasteiger partial charge in [-0.3, -0.25) is 4.79 Å². The lowest BCUT2D eigenvalue weighted by Gasteiger charge is -2.52. The van der Waals surface area contributed by atoms with Crippen molar-refractivity contribution in [3.05, 3.63) is 0 Å². The number of nitrogens with zero attached hydrogens (tertiary/aromatic N) is 1. The van der Waals surface area contributed by atoms with Crippen molar-refractivity contribution >= 4 is 5.91 Å². The minimum atomic E-state index is -0.778. The number of hydrogen-bond donors (Lipinski definition) is 1. The van der Waals surface area contributed by atoms with Gasteiger partial charge >= 0.3 is 0 Å². The molecule has 126 valence electrons. The second-order valence-electron chi connectivity index (χ2n) is 7.79. The molecule has 4 fully saturated rings. The zero-order valence-electron chi connectivity index (χ0n) is 13.9. The fourth-order valence-electron chi connectivity index (χ4n) is 5.41. The molecular formula is C18H26N2O3. The molecule has 3 aliphatic carbocycles. The van der Waals surface area contributed by atoms with Gasteiger partial charge in [-0.05, 0) is 45.4 Å². The summed E-state index contributed by atoms with van der Waals surface area (Å²) in [6.07, 6.45) is 7.95. The molecule has 1 heterocycles. The highest BCUT2D eigenvalue weighted by Gasteiger charge is 2.73. The van der Waals surface area contributed by atoms with E-state index >= 15 is 0 Å². The van der Waals surface area contributed by atoms with Crippen molar-refractivity contribution in [3.8, 4) is 6.07 Å². The minimum Gasteiger partial charge on any atom is -0.375 e. The van der Waals surface area contributed by atoms with Crippen molar-refractivity contribution in [3.63, 3.8) is 0 Å². The summed E-state index contributed by atoms with van der Waals surface area (Å²) in [6.45, 7) is 3.40. The van der Waals surface area contributed by atoms with Gasteiger partial charge in [0.05, 0.1) is 18.2 Å². The fourth-order valence-corrected chi connectivity index (χ4v) is 5.41. The number of carbonyl (C=O) groups is 1. The number of nitrogens with one attached hydrogen (secondary N) is 1. The van der Waals surface area contributed by atoms with Crippen LogP contribution in [0.4, 0.5) is 0 Å². The first-order valence-corrected chi connectivity index (χ1v) is 9.10. The molecule has 1 N–H and O–H groups in total.